The Hall–Kier alpha value is -3.71. The predicted molar refractivity (Wildman–Crippen MR) is 148 cm³/mol. The van der Waals surface area contributed by atoms with Gasteiger partial charge in [0.15, 0.2) is 0 Å². The van der Waals surface area contributed by atoms with Crippen molar-refractivity contribution >= 4 is 39.1 Å². The molecule has 0 unspecified atom stereocenters. The summed E-state index contributed by atoms with van der Waals surface area (Å²) in [4.78, 5) is 33.0. The van der Waals surface area contributed by atoms with E-state index in [0.717, 1.165) is 71.1 Å². The Kier molecular flexibility index (Phi) is 7.24. The molecule has 7 heteroatoms. The number of aryl methyl sites for hydroxylation is 1. The summed E-state index contributed by atoms with van der Waals surface area (Å²) in [5.41, 5.74) is 5.24. The van der Waals surface area contributed by atoms with Gasteiger partial charge in [-0.2, -0.15) is 0 Å². The molecule has 2 heterocycles. The van der Waals surface area contributed by atoms with Gasteiger partial charge in [-0.3, -0.25) is 4.79 Å². The molecular formula is C30H30N2O4S. The van der Waals surface area contributed by atoms with Crippen LogP contribution in [0.5, 0.6) is 5.75 Å². The molecule has 0 radical (unpaired) electrons. The van der Waals surface area contributed by atoms with E-state index in [1.807, 2.05) is 55.5 Å². The van der Waals surface area contributed by atoms with E-state index < -0.39 is 0 Å². The molecule has 5 rings (SSSR count). The quantitative estimate of drug-likeness (QED) is 0.222. The van der Waals surface area contributed by atoms with Gasteiger partial charge in [0.1, 0.15) is 10.8 Å². The number of nitrogens with zero attached hydrogens (tertiary/aromatic N) is 1. The second kappa shape index (κ2) is 10.7. The lowest BCUT2D eigenvalue weighted by atomic mass is 9.97. The Morgan fingerprint density at radius 2 is 1.76 bits per heavy atom. The second-order valence-corrected chi connectivity index (χ2v) is 10.3. The van der Waals surface area contributed by atoms with Crippen molar-refractivity contribution < 1.29 is 19.1 Å². The van der Waals surface area contributed by atoms with Gasteiger partial charge >= 0.3 is 5.97 Å². The molecule has 190 valence electrons. The van der Waals surface area contributed by atoms with Crippen LogP contribution in [0.25, 0.3) is 22.2 Å². The highest BCUT2D eigenvalue weighted by molar-refractivity contribution is 7.17. The van der Waals surface area contributed by atoms with Gasteiger partial charge in [-0.1, -0.05) is 24.6 Å². The van der Waals surface area contributed by atoms with Crippen LogP contribution >= 0.6 is 11.3 Å². The van der Waals surface area contributed by atoms with Gasteiger partial charge in [0, 0.05) is 15.8 Å². The number of rotatable bonds is 6. The lowest BCUT2D eigenvalue weighted by molar-refractivity contribution is 0.0527. The number of benzene rings is 2. The molecule has 0 spiro atoms. The van der Waals surface area contributed by atoms with E-state index >= 15 is 0 Å². The van der Waals surface area contributed by atoms with Crippen molar-refractivity contribution in [3.8, 4) is 17.0 Å². The molecule has 0 aliphatic heterocycles. The van der Waals surface area contributed by atoms with Crippen LogP contribution in [0.15, 0.2) is 48.5 Å². The molecule has 0 fully saturated rings. The van der Waals surface area contributed by atoms with Gasteiger partial charge in [-0.15, -0.1) is 11.3 Å². The van der Waals surface area contributed by atoms with Crippen LogP contribution in [-0.4, -0.2) is 30.6 Å². The van der Waals surface area contributed by atoms with Crippen molar-refractivity contribution in [3.05, 3.63) is 75.7 Å². The van der Waals surface area contributed by atoms with Crippen molar-refractivity contribution in [1.29, 1.82) is 0 Å². The van der Waals surface area contributed by atoms with E-state index in [2.05, 4.69) is 5.32 Å². The van der Waals surface area contributed by atoms with Crippen molar-refractivity contribution in [3.63, 3.8) is 0 Å². The van der Waals surface area contributed by atoms with Gasteiger partial charge in [0.25, 0.3) is 5.91 Å². The zero-order valence-electron chi connectivity index (χ0n) is 21.3. The van der Waals surface area contributed by atoms with Gasteiger partial charge in [-0.25, -0.2) is 9.78 Å². The van der Waals surface area contributed by atoms with Crippen LogP contribution in [0.2, 0.25) is 0 Å². The third-order valence-corrected chi connectivity index (χ3v) is 8.06. The number of pyridine rings is 1. The summed E-state index contributed by atoms with van der Waals surface area (Å²) in [6.07, 6.45) is 5.00. The van der Waals surface area contributed by atoms with Crippen LogP contribution in [0.1, 0.15) is 62.9 Å². The Balaban J connectivity index is 1.60. The lowest BCUT2D eigenvalue weighted by Gasteiger charge is -2.15. The van der Waals surface area contributed by atoms with Gasteiger partial charge in [0.2, 0.25) is 0 Å². The van der Waals surface area contributed by atoms with E-state index in [1.165, 1.54) is 16.2 Å². The molecule has 0 saturated heterocycles. The number of hydrogen-bond donors (Lipinski definition) is 1. The molecule has 1 aliphatic carbocycles. The lowest BCUT2D eigenvalue weighted by Crippen LogP contribution is -2.17. The van der Waals surface area contributed by atoms with E-state index in [4.69, 9.17) is 14.5 Å². The first-order valence-corrected chi connectivity index (χ1v) is 13.5. The Bertz CT molecular complexity index is 1470. The number of amides is 1. The smallest absolute Gasteiger partial charge is 0.341 e. The maximum Gasteiger partial charge on any atom is 0.341 e. The fourth-order valence-corrected chi connectivity index (χ4v) is 6.32. The number of methoxy groups -OCH3 is 1. The molecule has 6 nitrogen and oxygen atoms in total. The molecule has 0 atom stereocenters. The minimum Gasteiger partial charge on any atom is -0.497 e. The normalized spacial score (nSPS) is 13.1. The van der Waals surface area contributed by atoms with Gasteiger partial charge < -0.3 is 14.8 Å². The van der Waals surface area contributed by atoms with Crippen LogP contribution in [0.3, 0.4) is 0 Å². The van der Waals surface area contributed by atoms with Gasteiger partial charge in [-0.05, 0) is 81.0 Å². The number of anilines is 1. The van der Waals surface area contributed by atoms with Crippen LogP contribution in [0, 0.1) is 6.92 Å². The van der Waals surface area contributed by atoms with E-state index in [0.29, 0.717) is 16.1 Å². The zero-order valence-corrected chi connectivity index (χ0v) is 22.2. The third-order valence-electron chi connectivity index (χ3n) is 6.85. The minimum absolute atomic E-state index is 0.257. The maximum absolute atomic E-state index is 13.9. The number of hydrogen-bond acceptors (Lipinski definition) is 6. The summed E-state index contributed by atoms with van der Waals surface area (Å²) < 4.78 is 10.7. The summed E-state index contributed by atoms with van der Waals surface area (Å²) in [5.74, 6) is 0.129. The summed E-state index contributed by atoms with van der Waals surface area (Å²) in [5, 5.41) is 4.44. The number of fused-ring (bicyclic) bond motifs is 2. The Labute approximate surface area is 220 Å². The van der Waals surface area contributed by atoms with E-state index in [9.17, 15) is 9.59 Å². The Morgan fingerprint density at radius 1 is 1.00 bits per heavy atom. The van der Waals surface area contributed by atoms with E-state index in [1.54, 1.807) is 14.0 Å². The standard InChI is InChI=1S/C30H30N2O4S/c1-4-36-30(34)26-22-11-6-5-7-13-24(22)37-29(26)32-28(33)25-18(2)27(19-14-16-20(35-3)17-15-19)31-23-12-9-8-10-21(23)25/h8-10,12,14-17H,4-7,11,13H2,1-3H3,(H,32,33). The fraction of sp³-hybridized carbons (Fsp3) is 0.300. The number of para-hydroxylation sites is 1. The van der Waals surface area contributed by atoms with Crippen molar-refractivity contribution in [1.82, 2.24) is 4.98 Å². The first kappa shape index (κ1) is 25.0. The largest absolute Gasteiger partial charge is 0.497 e. The summed E-state index contributed by atoms with van der Waals surface area (Å²) in [7, 11) is 1.63. The highest BCUT2D eigenvalue weighted by atomic mass is 32.1. The SMILES string of the molecule is CCOC(=O)c1c(NC(=O)c2c(C)c(-c3ccc(OC)cc3)nc3ccccc23)sc2c1CCCCC2. The number of ether oxygens (including phenoxy) is 2. The van der Waals surface area contributed by atoms with E-state index in [-0.39, 0.29) is 18.5 Å². The van der Waals surface area contributed by atoms with Crippen LogP contribution in [0.4, 0.5) is 5.00 Å². The molecule has 0 bridgehead atoms. The highest BCUT2D eigenvalue weighted by Gasteiger charge is 2.28. The molecule has 1 aliphatic rings. The van der Waals surface area contributed by atoms with Gasteiger partial charge in [0.05, 0.1) is 36.1 Å². The number of nitrogens with one attached hydrogen (secondary N) is 1. The molecule has 0 saturated carbocycles. The van der Waals surface area contributed by atoms with Crippen molar-refractivity contribution in [2.24, 2.45) is 0 Å². The average molecular weight is 515 g/mol. The summed E-state index contributed by atoms with van der Waals surface area (Å²) in [6.45, 7) is 4.01. The molecule has 1 amide bonds. The number of aromatic nitrogens is 1. The molecule has 1 N–H and O–H groups in total. The minimum atomic E-state index is -0.368. The highest BCUT2D eigenvalue weighted by Crippen LogP contribution is 2.39. The second-order valence-electron chi connectivity index (χ2n) is 9.15. The fourth-order valence-electron chi connectivity index (χ4n) is 5.05. The predicted octanol–water partition coefficient (Wildman–Crippen LogP) is 6.98. The van der Waals surface area contributed by atoms with Crippen molar-refractivity contribution in [2.45, 2.75) is 46.0 Å². The number of carbonyl (C=O) groups is 2. The number of esters is 1. The maximum atomic E-state index is 13.9. The first-order chi connectivity index (χ1) is 18.0. The summed E-state index contributed by atoms with van der Waals surface area (Å²) in [6, 6.07) is 15.3. The molecule has 2 aromatic carbocycles. The van der Waals surface area contributed by atoms with Crippen LogP contribution in [-0.2, 0) is 17.6 Å². The molecule has 4 aromatic rings. The zero-order chi connectivity index (χ0) is 25.9. The number of thiophene rings is 1. The van der Waals surface area contributed by atoms with Crippen molar-refractivity contribution in [2.75, 3.05) is 19.0 Å². The molecular weight excluding hydrogens is 484 g/mol. The van der Waals surface area contributed by atoms with Crippen LogP contribution < -0.4 is 10.1 Å². The molecule has 2 aromatic heterocycles. The Morgan fingerprint density at radius 3 is 2.51 bits per heavy atom. The molecule has 37 heavy (non-hydrogen) atoms. The monoisotopic (exact) mass is 514 g/mol. The number of carbonyl (C=O) groups excluding carboxylic acids is 2. The third kappa shape index (κ3) is 4.83. The topological polar surface area (TPSA) is 77.5 Å². The average Bonchev–Trinajstić information content (AvgIpc) is 3.08. The summed E-state index contributed by atoms with van der Waals surface area (Å²) >= 11 is 1.51. The first-order valence-electron chi connectivity index (χ1n) is 12.7.